The van der Waals surface area contributed by atoms with E-state index in [1.54, 1.807) is 6.20 Å². The van der Waals surface area contributed by atoms with Crippen LogP contribution >= 0.6 is 11.6 Å². The van der Waals surface area contributed by atoms with Crippen LogP contribution in [0.15, 0.2) is 36.5 Å². The predicted octanol–water partition coefficient (Wildman–Crippen LogP) is 3.19. The molecule has 0 saturated heterocycles. The normalized spacial score (nSPS) is 10.8. The lowest BCUT2D eigenvalue weighted by Gasteiger charge is -2.09. The van der Waals surface area contributed by atoms with E-state index in [0.717, 1.165) is 28.6 Å². The molecule has 0 saturated carbocycles. The first kappa shape index (κ1) is 13.7. The summed E-state index contributed by atoms with van der Waals surface area (Å²) in [5.74, 6) is 6.65. The van der Waals surface area contributed by atoms with E-state index in [2.05, 4.69) is 20.4 Å². The number of fused-ring (bicyclic) bond motifs is 1. The summed E-state index contributed by atoms with van der Waals surface area (Å²) in [6.45, 7) is 2.03. The molecule has 21 heavy (non-hydrogen) atoms. The number of anilines is 1. The maximum absolute atomic E-state index is 6.22. The SMILES string of the molecule is CCc1cc(NN)nc(-c2ccc(Cl)c3cccnc23)n1. The van der Waals surface area contributed by atoms with E-state index in [-0.39, 0.29) is 0 Å². The number of aryl methyl sites for hydroxylation is 1. The summed E-state index contributed by atoms with van der Waals surface area (Å²) in [5.41, 5.74) is 5.10. The first-order valence-corrected chi connectivity index (χ1v) is 6.99. The van der Waals surface area contributed by atoms with E-state index in [9.17, 15) is 0 Å². The van der Waals surface area contributed by atoms with Crippen molar-refractivity contribution < 1.29 is 0 Å². The number of benzene rings is 1. The summed E-state index contributed by atoms with van der Waals surface area (Å²) in [7, 11) is 0. The molecule has 0 atom stereocenters. The average molecular weight is 300 g/mol. The summed E-state index contributed by atoms with van der Waals surface area (Å²) < 4.78 is 0. The first-order chi connectivity index (χ1) is 10.2. The van der Waals surface area contributed by atoms with Gasteiger partial charge >= 0.3 is 0 Å². The van der Waals surface area contributed by atoms with E-state index in [0.29, 0.717) is 16.7 Å². The number of aromatic nitrogens is 3. The Bertz CT molecular complexity index is 781. The number of nitrogen functional groups attached to an aromatic ring is 1. The molecule has 3 N–H and O–H groups in total. The number of rotatable bonds is 3. The van der Waals surface area contributed by atoms with Gasteiger partial charge in [-0.25, -0.2) is 15.8 Å². The van der Waals surface area contributed by atoms with Gasteiger partial charge in [0.2, 0.25) is 0 Å². The van der Waals surface area contributed by atoms with E-state index in [4.69, 9.17) is 17.4 Å². The van der Waals surface area contributed by atoms with Gasteiger partial charge in [-0.15, -0.1) is 0 Å². The molecule has 6 heteroatoms. The second-order valence-electron chi connectivity index (χ2n) is 4.56. The Morgan fingerprint density at radius 1 is 1.24 bits per heavy atom. The van der Waals surface area contributed by atoms with Crippen LogP contribution in [0.2, 0.25) is 5.02 Å². The minimum atomic E-state index is 0.580. The Morgan fingerprint density at radius 2 is 2.10 bits per heavy atom. The summed E-state index contributed by atoms with van der Waals surface area (Å²) in [4.78, 5) is 13.4. The molecule has 1 aromatic carbocycles. The monoisotopic (exact) mass is 299 g/mol. The molecule has 106 valence electrons. The van der Waals surface area contributed by atoms with Gasteiger partial charge in [-0.05, 0) is 30.7 Å². The zero-order valence-corrected chi connectivity index (χ0v) is 12.2. The van der Waals surface area contributed by atoms with Crippen LogP contribution in [0.4, 0.5) is 5.82 Å². The summed E-state index contributed by atoms with van der Waals surface area (Å²) in [6.07, 6.45) is 2.52. The lowest BCUT2D eigenvalue weighted by atomic mass is 10.1. The van der Waals surface area contributed by atoms with Crippen molar-refractivity contribution in [1.82, 2.24) is 15.0 Å². The number of hydrogen-bond acceptors (Lipinski definition) is 5. The number of nitrogens with zero attached hydrogens (tertiary/aromatic N) is 3. The number of nitrogens with two attached hydrogens (primary N) is 1. The molecule has 0 fully saturated rings. The second-order valence-corrected chi connectivity index (χ2v) is 4.97. The van der Waals surface area contributed by atoms with Crippen molar-refractivity contribution in [2.24, 2.45) is 5.84 Å². The fourth-order valence-electron chi connectivity index (χ4n) is 2.19. The van der Waals surface area contributed by atoms with Crippen LogP contribution in [0.3, 0.4) is 0 Å². The van der Waals surface area contributed by atoms with Gasteiger partial charge in [-0.3, -0.25) is 4.98 Å². The summed E-state index contributed by atoms with van der Waals surface area (Å²) >= 11 is 6.22. The molecule has 0 bridgehead atoms. The molecule has 0 aliphatic rings. The van der Waals surface area contributed by atoms with E-state index in [1.165, 1.54) is 0 Å². The van der Waals surface area contributed by atoms with E-state index >= 15 is 0 Å². The van der Waals surface area contributed by atoms with Gasteiger partial charge in [0.1, 0.15) is 5.82 Å². The molecule has 0 spiro atoms. The highest BCUT2D eigenvalue weighted by molar-refractivity contribution is 6.35. The maximum Gasteiger partial charge on any atom is 0.164 e. The van der Waals surface area contributed by atoms with Gasteiger partial charge in [0.25, 0.3) is 0 Å². The van der Waals surface area contributed by atoms with Crippen molar-refractivity contribution in [3.05, 3.63) is 47.2 Å². The molecule has 3 rings (SSSR count). The predicted molar refractivity (Wildman–Crippen MR) is 85.0 cm³/mol. The molecular weight excluding hydrogens is 286 g/mol. The van der Waals surface area contributed by atoms with Gasteiger partial charge < -0.3 is 5.43 Å². The fourth-order valence-corrected chi connectivity index (χ4v) is 2.41. The second kappa shape index (κ2) is 5.63. The first-order valence-electron chi connectivity index (χ1n) is 6.61. The van der Waals surface area contributed by atoms with Crippen molar-refractivity contribution in [2.45, 2.75) is 13.3 Å². The van der Waals surface area contributed by atoms with Gasteiger partial charge in [-0.1, -0.05) is 18.5 Å². The number of halogens is 1. The van der Waals surface area contributed by atoms with E-state index in [1.807, 2.05) is 37.3 Å². The van der Waals surface area contributed by atoms with Crippen LogP contribution in [0, 0.1) is 0 Å². The van der Waals surface area contributed by atoms with Crippen LogP contribution in [0.25, 0.3) is 22.3 Å². The number of hydrogen-bond donors (Lipinski definition) is 2. The van der Waals surface area contributed by atoms with Gasteiger partial charge in [0.15, 0.2) is 5.82 Å². The summed E-state index contributed by atoms with van der Waals surface area (Å²) in [5, 5.41) is 1.54. The zero-order valence-electron chi connectivity index (χ0n) is 11.5. The highest BCUT2D eigenvalue weighted by atomic mass is 35.5. The van der Waals surface area contributed by atoms with E-state index < -0.39 is 0 Å². The topological polar surface area (TPSA) is 76.7 Å². The standard InChI is InChI=1S/C15H14ClN5/c1-2-9-8-13(21-17)20-15(19-9)11-5-6-12(16)10-4-3-7-18-14(10)11/h3-8H,2,17H2,1H3,(H,19,20,21). The van der Waals surface area contributed by atoms with Crippen LogP contribution in [-0.2, 0) is 6.42 Å². The average Bonchev–Trinajstić information content (AvgIpc) is 2.55. The largest absolute Gasteiger partial charge is 0.308 e. The molecule has 2 heterocycles. The number of pyridine rings is 1. The molecule has 5 nitrogen and oxygen atoms in total. The molecule has 0 aliphatic heterocycles. The quantitative estimate of drug-likeness (QED) is 0.574. The molecule has 0 unspecified atom stereocenters. The highest BCUT2D eigenvalue weighted by Gasteiger charge is 2.12. The molecule has 0 amide bonds. The van der Waals surface area contributed by atoms with Crippen molar-refractivity contribution >= 4 is 28.3 Å². The zero-order chi connectivity index (χ0) is 14.8. The van der Waals surface area contributed by atoms with Crippen molar-refractivity contribution in [1.29, 1.82) is 0 Å². The summed E-state index contributed by atoms with van der Waals surface area (Å²) in [6, 6.07) is 9.33. The van der Waals surface area contributed by atoms with Gasteiger partial charge in [-0.2, -0.15) is 0 Å². The van der Waals surface area contributed by atoms with Crippen LogP contribution < -0.4 is 11.3 Å². The molecule has 0 aliphatic carbocycles. The van der Waals surface area contributed by atoms with Crippen molar-refractivity contribution in [3.8, 4) is 11.4 Å². The van der Waals surface area contributed by atoms with Gasteiger partial charge in [0, 0.05) is 28.9 Å². The Morgan fingerprint density at radius 3 is 2.86 bits per heavy atom. The Balaban J connectivity index is 2.28. The Labute approximate surface area is 127 Å². The minimum absolute atomic E-state index is 0.580. The molecule has 2 aromatic heterocycles. The number of nitrogens with one attached hydrogen (secondary N) is 1. The highest BCUT2D eigenvalue weighted by Crippen LogP contribution is 2.30. The van der Waals surface area contributed by atoms with Crippen LogP contribution in [0.1, 0.15) is 12.6 Å². The Kier molecular flexibility index (Phi) is 3.68. The molecular formula is C15H14ClN5. The van der Waals surface area contributed by atoms with Crippen molar-refractivity contribution in [2.75, 3.05) is 5.43 Å². The smallest absolute Gasteiger partial charge is 0.164 e. The molecule has 0 radical (unpaired) electrons. The minimum Gasteiger partial charge on any atom is -0.308 e. The third-order valence-electron chi connectivity index (χ3n) is 3.25. The lowest BCUT2D eigenvalue weighted by Crippen LogP contribution is -2.10. The van der Waals surface area contributed by atoms with Crippen LogP contribution in [-0.4, -0.2) is 15.0 Å². The fraction of sp³-hybridized carbons (Fsp3) is 0.133. The van der Waals surface area contributed by atoms with Crippen molar-refractivity contribution in [3.63, 3.8) is 0 Å². The Hall–Kier alpha value is -2.24. The third kappa shape index (κ3) is 2.53. The molecule has 3 aromatic rings. The third-order valence-corrected chi connectivity index (χ3v) is 3.58. The van der Waals surface area contributed by atoms with Gasteiger partial charge in [0.05, 0.1) is 10.5 Å². The maximum atomic E-state index is 6.22. The number of hydrazine groups is 1. The lowest BCUT2D eigenvalue weighted by molar-refractivity contribution is 1.00. The van der Waals surface area contributed by atoms with Crippen LogP contribution in [0.5, 0.6) is 0 Å².